The van der Waals surface area contributed by atoms with Gasteiger partial charge in [-0.2, -0.15) is 0 Å². The fourth-order valence-corrected chi connectivity index (χ4v) is 3.80. The molecule has 0 aromatic heterocycles. The molecule has 3 rings (SSSR count). The number of rotatable bonds is 8. The van der Waals surface area contributed by atoms with Crippen LogP contribution < -0.4 is 0 Å². The third-order valence-corrected chi connectivity index (χ3v) is 5.17. The van der Waals surface area contributed by atoms with Crippen molar-refractivity contribution in [1.29, 1.82) is 0 Å². The Balaban J connectivity index is 1.57. The molecule has 4 atom stereocenters. The van der Waals surface area contributed by atoms with E-state index in [2.05, 4.69) is 0 Å². The summed E-state index contributed by atoms with van der Waals surface area (Å²) in [6, 6.07) is 5.52. The van der Waals surface area contributed by atoms with Gasteiger partial charge < -0.3 is 14.9 Å². The third-order valence-electron chi connectivity index (χ3n) is 5.17. The van der Waals surface area contributed by atoms with Crippen LogP contribution in [-0.2, 0) is 14.3 Å². The molecule has 1 saturated carbocycles. The number of esters is 1. The number of aliphatic hydroxyl groups is 1. The Bertz CT molecular complexity index is 793. The first-order valence-corrected chi connectivity index (χ1v) is 8.76. The van der Waals surface area contributed by atoms with Crippen molar-refractivity contribution in [3.63, 3.8) is 0 Å². The van der Waals surface area contributed by atoms with E-state index in [0.29, 0.717) is 0 Å². The van der Waals surface area contributed by atoms with Crippen molar-refractivity contribution in [2.24, 2.45) is 17.8 Å². The summed E-state index contributed by atoms with van der Waals surface area (Å²) in [6.07, 6.45) is 3.42. The number of carboxylic acid groups (broad SMARTS) is 1. The van der Waals surface area contributed by atoms with E-state index < -0.39 is 42.5 Å². The van der Waals surface area contributed by atoms with Crippen LogP contribution >= 0.6 is 0 Å². The first kappa shape index (κ1) is 19.0. The lowest BCUT2D eigenvalue weighted by Gasteiger charge is -2.26. The van der Waals surface area contributed by atoms with E-state index in [0.717, 1.165) is 6.42 Å². The molecule has 1 aromatic carbocycles. The number of aliphatic hydroxyl groups excluding tert-OH is 1. The Labute approximate surface area is 155 Å². The molecule has 1 aromatic rings. The lowest BCUT2D eigenvalue weighted by Crippen LogP contribution is -2.33. The van der Waals surface area contributed by atoms with Crippen LogP contribution in [0.2, 0.25) is 0 Å². The van der Waals surface area contributed by atoms with Gasteiger partial charge in [0.15, 0.2) is 11.6 Å². The highest BCUT2D eigenvalue weighted by molar-refractivity contribution is 6.08. The molecule has 1 fully saturated rings. The number of hydrogen-bond donors (Lipinski definition) is 2. The Morgan fingerprint density at radius 3 is 2.04 bits per heavy atom. The van der Waals surface area contributed by atoms with Crippen molar-refractivity contribution in [1.82, 2.24) is 0 Å². The highest BCUT2D eigenvalue weighted by atomic mass is 16.5. The van der Waals surface area contributed by atoms with Crippen LogP contribution in [0.15, 0.2) is 36.4 Å². The Kier molecular flexibility index (Phi) is 5.51. The second-order valence-electron chi connectivity index (χ2n) is 6.92. The van der Waals surface area contributed by atoms with E-state index in [1.54, 1.807) is 0 Å². The number of hydrogen-bond acceptors (Lipinski definition) is 6. The predicted molar refractivity (Wildman–Crippen MR) is 93.2 cm³/mol. The van der Waals surface area contributed by atoms with E-state index in [4.69, 9.17) is 9.84 Å². The maximum absolute atomic E-state index is 12.3. The predicted octanol–water partition coefficient (Wildman–Crippen LogP) is 1.64. The van der Waals surface area contributed by atoms with Gasteiger partial charge in [-0.3, -0.25) is 19.2 Å². The number of carbonyl (C=O) groups is 4. The standard InChI is InChI=1S/C20H20O7/c21-10-15-13-5-6-14(7-13)20(15)27-19(26)9-17(23)12-3-1-11(2-4-12)16(22)8-18(24)25/h1-6,13-15,20-21H,7-10H2,(H,24,25)/t13?,14?,15-,20-/m1/s1. The lowest BCUT2D eigenvalue weighted by atomic mass is 9.91. The fourth-order valence-electron chi connectivity index (χ4n) is 3.80. The van der Waals surface area contributed by atoms with Crippen molar-refractivity contribution in [2.75, 3.05) is 6.61 Å². The molecule has 0 spiro atoms. The van der Waals surface area contributed by atoms with Gasteiger partial charge in [0.25, 0.3) is 0 Å². The molecule has 0 amide bonds. The Morgan fingerprint density at radius 2 is 1.48 bits per heavy atom. The molecule has 7 heteroatoms. The van der Waals surface area contributed by atoms with Crippen molar-refractivity contribution in [3.8, 4) is 0 Å². The van der Waals surface area contributed by atoms with Gasteiger partial charge in [0.05, 0.1) is 6.61 Å². The number of aliphatic carboxylic acids is 1. The zero-order valence-corrected chi connectivity index (χ0v) is 14.5. The van der Waals surface area contributed by atoms with Crippen LogP contribution in [0.3, 0.4) is 0 Å². The summed E-state index contributed by atoms with van der Waals surface area (Å²) in [4.78, 5) is 46.6. The van der Waals surface area contributed by atoms with Crippen LogP contribution in [-0.4, -0.2) is 46.4 Å². The molecule has 2 bridgehead atoms. The summed E-state index contributed by atoms with van der Waals surface area (Å²) in [7, 11) is 0. The first-order chi connectivity index (χ1) is 12.9. The number of allylic oxidation sites excluding steroid dienone is 1. The van der Waals surface area contributed by atoms with Crippen LogP contribution in [0.25, 0.3) is 0 Å². The number of ketones is 2. The van der Waals surface area contributed by atoms with Gasteiger partial charge >= 0.3 is 11.9 Å². The quantitative estimate of drug-likeness (QED) is 0.308. The molecule has 142 valence electrons. The van der Waals surface area contributed by atoms with Crippen molar-refractivity contribution in [2.45, 2.75) is 25.4 Å². The smallest absolute Gasteiger partial charge is 0.314 e. The zero-order valence-electron chi connectivity index (χ0n) is 14.5. The summed E-state index contributed by atoms with van der Waals surface area (Å²) >= 11 is 0. The van der Waals surface area contributed by atoms with Gasteiger partial charge in [0.1, 0.15) is 18.9 Å². The first-order valence-electron chi connectivity index (χ1n) is 8.76. The largest absolute Gasteiger partial charge is 0.481 e. The molecular formula is C20H20O7. The highest BCUT2D eigenvalue weighted by Gasteiger charge is 2.46. The summed E-state index contributed by atoms with van der Waals surface area (Å²) < 4.78 is 5.46. The Morgan fingerprint density at radius 1 is 0.926 bits per heavy atom. The van der Waals surface area contributed by atoms with E-state index in [1.165, 1.54) is 24.3 Å². The van der Waals surface area contributed by atoms with Crippen molar-refractivity contribution < 1.29 is 34.1 Å². The minimum absolute atomic E-state index is 0.0662. The minimum atomic E-state index is -1.22. The number of carbonyl (C=O) groups excluding carboxylic acids is 3. The van der Waals surface area contributed by atoms with Crippen LogP contribution in [0.5, 0.6) is 0 Å². The molecule has 27 heavy (non-hydrogen) atoms. The number of carboxylic acids is 1. The Hall–Kier alpha value is -2.80. The normalized spacial score (nSPS) is 25.4. The molecule has 2 aliphatic carbocycles. The average molecular weight is 372 g/mol. The average Bonchev–Trinajstić information content (AvgIpc) is 3.22. The van der Waals surface area contributed by atoms with Gasteiger partial charge in [0.2, 0.25) is 0 Å². The van der Waals surface area contributed by atoms with Gasteiger partial charge in [-0.1, -0.05) is 36.4 Å². The summed E-state index contributed by atoms with van der Waals surface area (Å²) in [5.41, 5.74) is 0.432. The van der Waals surface area contributed by atoms with Crippen molar-refractivity contribution >= 4 is 23.5 Å². The second-order valence-corrected chi connectivity index (χ2v) is 6.92. The molecule has 2 unspecified atom stereocenters. The molecule has 7 nitrogen and oxygen atoms in total. The third kappa shape index (κ3) is 4.14. The van der Waals surface area contributed by atoms with E-state index in [9.17, 15) is 24.3 Å². The van der Waals surface area contributed by atoms with Gasteiger partial charge in [-0.25, -0.2) is 0 Å². The number of fused-ring (bicyclic) bond motifs is 2. The van der Waals surface area contributed by atoms with Crippen LogP contribution in [0.4, 0.5) is 0 Å². The zero-order chi connectivity index (χ0) is 19.6. The SMILES string of the molecule is O=C(O)CC(=O)c1ccc(C(=O)CC(=O)O[C@@H]2C3C=CC(C3)[C@H]2CO)cc1. The molecule has 0 aliphatic heterocycles. The van der Waals surface area contributed by atoms with Crippen LogP contribution in [0, 0.1) is 17.8 Å². The van der Waals surface area contributed by atoms with Crippen LogP contribution in [0.1, 0.15) is 40.0 Å². The van der Waals surface area contributed by atoms with E-state index in [-0.39, 0.29) is 35.5 Å². The maximum atomic E-state index is 12.3. The summed E-state index contributed by atoms with van der Waals surface area (Å²) in [6.45, 7) is -0.0662. The summed E-state index contributed by atoms with van der Waals surface area (Å²) in [5.74, 6) is -2.69. The molecule has 0 radical (unpaired) electrons. The number of benzene rings is 1. The maximum Gasteiger partial charge on any atom is 0.314 e. The fraction of sp³-hybridized carbons (Fsp3) is 0.400. The molecule has 0 heterocycles. The van der Waals surface area contributed by atoms with Gasteiger partial charge in [-0.05, 0) is 12.3 Å². The minimum Gasteiger partial charge on any atom is -0.481 e. The lowest BCUT2D eigenvalue weighted by molar-refractivity contribution is -0.152. The number of ether oxygens (including phenoxy) is 1. The molecule has 2 aliphatic rings. The topological polar surface area (TPSA) is 118 Å². The monoisotopic (exact) mass is 372 g/mol. The van der Waals surface area contributed by atoms with Gasteiger partial charge in [0, 0.05) is 23.0 Å². The molecule has 0 saturated heterocycles. The molecule has 2 N–H and O–H groups in total. The second kappa shape index (κ2) is 7.84. The van der Waals surface area contributed by atoms with E-state index >= 15 is 0 Å². The summed E-state index contributed by atoms with van der Waals surface area (Å²) in [5, 5.41) is 18.1. The van der Waals surface area contributed by atoms with E-state index in [1.807, 2.05) is 12.2 Å². The highest BCUT2D eigenvalue weighted by Crippen LogP contribution is 2.45. The molecular weight excluding hydrogens is 352 g/mol. The number of Topliss-reactive ketones (excluding diaryl/α,β-unsaturated/α-hetero) is 2. The van der Waals surface area contributed by atoms with Gasteiger partial charge in [-0.15, -0.1) is 0 Å². The van der Waals surface area contributed by atoms with Crippen molar-refractivity contribution in [3.05, 3.63) is 47.5 Å².